The molecule has 59 valence electrons. The van der Waals surface area contributed by atoms with E-state index in [2.05, 4.69) is 31.3 Å². The Kier molecular flexibility index (Phi) is 2.03. The van der Waals surface area contributed by atoms with Gasteiger partial charge in [0.05, 0.1) is 0 Å². The molecule has 0 aliphatic carbocycles. The summed E-state index contributed by atoms with van der Waals surface area (Å²) in [6, 6.07) is 13.1. The molecule has 0 amide bonds. The summed E-state index contributed by atoms with van der Waals surface area (Å²) in [5, 5.41) is 2.24. The van der Waals surface area contributed by atoms with Crippen molar-refractivity contribution in [3.05, 3.63) is 36.4 Å². The molecule has 0 bridgehead atoms. The molecule has 2 aromatic rings. The van der Waals surface area contributed by atoms with Crippen LogP contribution in [0.4, 0.5) is 0 Å². The smallest absolute Gasteiger partial charge is 0.0126 e. The van der Waals surface area contributed by atoms with Crippen molar-refractivity contribution in [2.75, 3.05) is 0 Å². The van der Waals surface area contributed by atoms with E-state index in [1.54, 1.807) is 0 Å². The molecule has 0 aromatic heterocycles. The van der Waals surface area contributed by atoms with E-state index in [4.69, 9.17) is 0 Å². The van der Waals surface area contributed by atoms with Crippen molar-refractivity contribution in [1.29, 1.82) is 0 Å². The maximum atomic E-state index is 4.25. The van der Waals surface area contributed by atoms with E-state index in [0.29, 0.717) is 0 Å². The van der Waals surface area contributed by atoms with Crippen LogP contribution in [0.15, 0.2) is 40.1 Å². The van der Waals surface area contributed by atoms with Gasteiger partial charge in [-0.25, -0.2) is 0 Å². The minimum absolute atomic E-state index is 0.870. The summed E-state index contributed by atoms with van der Waals surface area (Å²) >= 11 is 8.46. The van der Waals surface area contributed by atoms with Gasteiger partial charge in [0.1, 0.15) is 0 Å². The summed E-state index contributed by atoms with van der Waals surface area (Å²) in [6.45, 7) is 0. The fourth-order valence-electron chi connectivity index (χ4n) is 1.15. The second-order valence-electron chi connectivity index (χ2n) is 2.62. The Balaban J connectivity index is 2.79. The average molecular weight is 191 g/mol. The lowest BCUT2D eigenvalue weighted by Crippen LogP contribution is -1.73. The monoisotopic (exact) mass is 191 g/mol. The number of benzene rings is 2. The van der Waals surface area contributed by atoms with Gasteiger partial charge in [-0.1, -0.05) is 12.1 Å². The lowest BCUT2D eigenvalue weighted by molar-refractivity contribution is 1.47. The molecule has 0 atom stereocenters. The SMILES string of the molecule is Sc1[c]c2ccc(S)cc2cc1. The summed E-state index contributed by atoms with van der Waals surface area (Å²) in [5.74, 6) is 0. The molecule has 0 saturated carbocycles. The van der Waals surface area contributed by atoms with E-state index in [0.717, 1.165) is 20.6 Å². The summed E-state index contributed by atoms with van der Waals surface area (Å²) in [7, 11) is 0. The third-order valence-electron chi connectivity index (χ3n) is 1.72. The molecule has 0 saturated heterocycles. The number of fused-ring (bicyclic) bond motifs is 1. The van der Waals surface area contributed by atoms with Crippen LogP contribution in [0, 0.1) is 6.07 Å². The summed E-state index contributed by atoms with van der Waals surface area (Å²) in [6.07, 6.45) is 0. The third kappa shape index (κ3) is 1.45. The van der Waals surface area contributed by atoms with Crippen molar-refractivity contribution in [1.82, 2.24) is 0 Å². The molecule has 0 fully saturated rings. The van der Waals surface area contributed by atoms with Crippen molar-refractivity contribution >= 4 is 36.0 Å². The van der Waals surface area contributed by atoms with Gasteiger partial charge in [0.15, 0.2) is 0 Å². The molecule has 2 heteroatoms. The van der Waals surface area contributed by atoms with Gasteiger partial charge in [-0.3, -0.25) is 0 Å². The maximum absolute atomic E-state index is 4.25. The molecular formula is C10H7S2. The number of rotatable bonds is 0. The first-order chi connectivity index (χ1) is 5.75. The molecule has 0 nitrogen and oxygen atoms in total. The highest BCUT2D eigenvalue weighted by Gasteiger charge is 1.94. The fraction of sp³-hybridized carbons (Fsp3) is 0. The number of hydrogen-bond acceptors (Lipinski definition) is 2. The highest BCUT2D eigenvalue weighted by molar-refractivity contribution is 7.80. The van der Waals surface area contributed by atoms with Crippen molar-refractivity contribution in [2.45, 2.75) is 9.79 Å². The Hall–Kier alpha value is -0.600. The molecule has 1 radical (unpaired) electrons. The normalized spacial score (nSPS) is 10.5. The molecule has 0 aliphatic rings. The number of hydrogen-bond donors (Lipinski definition) is 2. The van der Waals surface area contributed by atoms with Crippen LogP contribution in [0.2, 0.25) is 0 Å². The van der Waals surface area contributed by atoms with E-state index in [1.165, 1.54) is 0 Å². The second-order valence-corrected chi connectivity index (χ2v) is 3.61. The molecule has 0 N–H and O–H groups in total. The first-order valence-electron chi connectivity index (χ1n) is 3.60. The zero-order valence-corrected chi connectivity index (χ0v) is 8.07. The molecule has 0 aliphatic heterocycles. The van der Waals surface area contributed by atoms with E-state index in [1.807, 2.05) is 30.3 Å². The van der Waals surface area contributed by atoms with Gasteiger partial charge in [-0.15, -0.1) is 25.3 Å². The van der Waals surface area contributed by atoms with Crippen molar-refractivity contribution in [3.63, 3.8) is 0 Å². The van der Waals surface area contributed by atoms with Gasteiger partial charge in [-0.05, 0) is 29.0 Å². The van der Waals surface area contributed by atoms with E-state index < -0.39 is 0 Å². The zero-order valence-electron chi connectivity index (χ0n) is 6.28. The molecule has 12 heavy (non-hydrogen) atoms. The van der Waals surface area contributed by atoms with Crippen LogP contribution in [0.1, 0.15) is 0 Å². The van der Waals surface area contributed by atoms with Crippen LogP contribution >= 0.6 is 25.3 Å². The summed E-state index contributed by atoms with van der Waals surface area (Å²) in [4.78, 5) is 1.84. The van der Waals surface area contributed by atoms with Gasteiger partial charge in [0.25, 0.3) is 0 Å². The largest absolute Gasteiger partial charge is 0.143 e. The van der Waals surface area contributed by atoms with Crippen molar-refractivity contribution in [3.8, 4) is 0 Å². The molecule has 2 rings (SSSR count). The minimum Gasteiger partial charge on any atom is -0.143 e. The van der Waals surface area contributed by atoms with Crippen LogP contribution in [0.3, 0.4) is 0 Å². The van der Waals surface area contributed by atoms with Crippen LogP contribution in [0.5, 0.6) is 0 Å². The van der Waals surface area contributed by atoms with Crippen LogP contribution in [0.25, 0.3) is 10.8 Å². The Bertz CT molecular complexity index is 380. The van der Waals surface area contributed by atoms with Gasteiger partial charge in [-0.2, -0.15) is 0 Å². The minimum atomic E-state index is 0.870. The predicted molar refractivity (Wildman–Crippen MR) is 57.3 cm³/mol. The third-order valence-corrected chi connectivity index (χ3v) is 2.26. The van der Waals surface area contributed by atoms with Gasteiger partial charge >= 0.3 is 0 Å². The molecular weight excluding hydrogens is 184 g/mol. The highest BCUT2D eigenvalue weighted by atomic mass is 32.1. The standard InChI is InChI=1S/C10H7S2/c11-9-3-1-7-5-10(12)4-2-8(7)6-9/h1-5,11-12H. The van der Waals surface area contributed by atoms with Gasteiger partial charge < -0.3 is 0 Å². The highest BCUT2D eigenvalue weighted by Crippen LogP contribution is 2.20. The number of thiol groups is 2. The van der Waals surface area contributed by atoms with E-state index in [9.17, 15) is 0 Å². The molecule has 2 aromatic carbocycles. The fourth-order valence-corrected chi connectivity index (χ4v) is 1.56. The van der Waals surface area contributed by atoms with Crippen LogP contribution in [-0.4, -0.2) is 0 Å². The first kappa shape index (κ1) is 8.02. The molecule has 0 spiro atoms. The molecule has 0 unspecified atom stereocenters. The Morgan fingerprint density at radius 3 is 2.67 bits per heavy atom. The van der Waals surface area contributed by atoms with Crippen molar-refractivity contribution < 1.29 is 0 Å². The zero-order chi connectivity index (χ0) is 8.55. The quantitative estimate of drug-likeness (QED) is 0.587. The Morgan fingerprint density at radius 1 is 1.00 bits per heavy atom. The van der Waals surface area contributed by atoms with Gasteiger partial charge in [0.2, 0.25) is 0 Å². The van der Waals surface area contributed by atoms with Crippen molar-refractivity contribution in [2.24, 2.45) is 0 Å². The molecule has 0 heterocycles. The van der Waals surface area contributed by atoms with Crippen LogP contribution < -0.4 is 0 Å². The van der Waals surface area contributed by atoms with E-state index >= 15 is 0 Å². The predicted octanol–water partition coefficient (Wildman–Crippen LogP) is 3.22. The van der Waals surface area contributed by atoms with Gasteiger partial charge in [0, 0.05) is 15.9 Å². The van der Waals surface area contributed by atoms with Crippen LogP contribution in [-0.2, 0) is 0 Å². The maximum Gasteiger partial charge on any atom is 0.0126 e. The lowest BCUT2D eigenvalue weighted by atomic mass is 10.1. The average Bonchev–Trinajstić information content (AvgIpc) is 2.05. The summed E-state index contributed by atoms with van der Waals surface area (Å²) < 4.78 is 0. The van der Waals surface area contributed by atoms with E-state index in [-0.39, 0.29) is 0 Å². The summed E-state index contributed by atoms with van der Waals surface area (Å²) in [5.41, 5.74) is 0. The Morgan fingerprint density at radius 2 is 1.83 bits per heavy atom. The lowest BCUT2D eigenvalue weighted by Gasteiger charge is -1.98. The Labute approximate surface area is 82.4 Å². The topological polar surface area (TPSA) is 0 Å². The second kappa shape index (κ2) is 3.04. The first-order valence-corrected chi connectivity index (χ1v) is 4.49.